The second-order valence-corrected chi connectivity index (χ2v) is 5.36. The predicted molar refractivity (Wildman–Crippen MR) is 66.2 cm³/mol. The Hall–Kier alpha value is -0.220. The number of hydrogen-bond acceptors (Lipinski definition) is 3. The summed E-state index contributed by atoms with van der Waals surface area (Å²) in [7, 11) is 1.88. The Kier molecular flexibility index (Phi) is 5.47. The van der Waals surface area contributed by atoms with Gasteiger partial charge in [-0.3, -0.25) is 4.79 Å². The van der Waals surface area contributed by atoms with Crippen LogP contribution in [0.5, 0.6) is 0 Å². The van der Waals surface area contributed by atoms with Crippen LogP contribution in [0.1, 0.15) is 26.2 Å². The Bertz CT molecular complexity index is 211. The number of hydrogen-bond donors (Lipinski definition) is 2. The van der Waals surface area contributed by atoms with Crippen LogP contribution >= 0.6 is 11.8 Å². The fourth-order valence-corrected chi connectivity index (χ4v) is 3.03. The van der Waals surface area contributed by atoms with Crippen LogP contribution in [0.4, 0.5) is 0 Å². The molecule has 1 rings (SSSR count). The summed E-state index contributed by atoms with van der Waals surface area (Å²) in [5, 5.41) is 6.82. The molecule has 0 saturated heterocycles. The van der Waals surface area contributed by atoms with Gasteiger partial charge >= 0.3 is 0 Å². The normalized spacial score (nSPS) is 27.7. The molecule has 3 unspecified atom stereocenters. The van der Waals surface area contributed by atoms with Crippen LogP contribution in [-0.2, 0) is 4.79 Å². The molecule has 0 spiro atoms. The molecule has 15 heavy (non-hydrogen) atoms. The first-order valence-electron chi connectivity index (χ1n) is 5.66. The first-order chi connectivity index (χ1) is 7.19. The van der Waals surface area contributed by atoms with Gasteiger partial charge in [-0.25, -0.2) is 0 Å². The van der Waals surface area contributed by atoms with Gasteiger partial charge < -0.3 is 10.6 Å². The van der Waals surface area contributed by atoms with Crippen LogP contribution in [0.25, 0.3) is 0 Å². The molecule has 0 aromatic carbocycles. The third-order valence-electron chi connectivity index (χ3n) is 3.04. The third kappa shape index (κ3) is 3.68. The van der Waals surface area contributed by atoms with Gasteiger partial charge in [0.2, 0.25) is 5.91 Å². The number of amides is 1. The maximum Gasteiger partial charge on any atom is 0.224 e. The summed E-state index contributed by atoms with van der Waals surface area (Å²) >= 11 is 1.88. The van der Waals surface area contributed by atoms with E-state index in [9.17, 15) is 4.79 Å². The monoisotopic (exact) mass is 230 g/mol. The molecule has 1 fully saturated rings. The largest absolute Gasteiger partial charge is 0.352 e. The lowest BCUT2D eigenvalue weighted by atomic mass is 10.1. The fourth-order valence-electron chi connectivity index (χ4n) is 2.10. The lowest BCUT2D eigenvalue weighted by Crippen LogP contribution is -2.43. The van der Waals surface area contributed by atoms with Crippen LogP contribution < -0.4 is 10.6 Å². The third-order valence-corrected chi connectivity index (χ3v) is 4.21. The van der Waals surface area contributed by atoms with Crippen molar-refractivity contribution in [3.05, 3.63) is 0 Å². The van der Waals surface area contributed by atoms with Gasteiger partial charge in [-0.15, -0.1) is 0 Å². The Balaban J connectivity index is 2.36. The molecule has 2 N–H and O–H groups in total. The molecule has 1 amide bonds. The fraction of sp³-hybridized carbons (Fsp3) is 0.909. The van der Waals surface area contributed by atoms with Gasteiger partial charge in [0, 0.05) is 23.8 Å². The van der Waals surface area contributed by atoms with Crippen molar-refractivity contribution >= 4 is 17.7 Å². The van der Waals surface area contributed by atoms with Gasteiger partial charge in [-0.05, 0) is 26.1 Å². The molecule has 1 saturated carbocycles. The quantitative estimate of drug-likeness (QED) is 0.747. The lowest BCUT2D eigenvalue weighted by molar-refractivity contribution is -0.125. The standard InChI is InChI=1S/C11H22N2OS/c1-8(7-12-2)11(14)13-9-5-4-6-10(9)15-3/h8-10,12H,4-7H2,1-3H3,(H,13,14). The van der Waals surface area contributed by atoms with E-state index in [-0.39, 0.29) is 11.8 Å². The van der Waals surface area contributed by atoms with Crippen LogP contribution in [0.15, 0.2) is 0 Å². The Labute approximate surface area is 96.8 Å². The van der Waals surface area contributed by atoms with Gasteiger partial charge in [-0.1, -0.05) is 13.3 Å². The van der Waals surface area contributed by atoms with Crippen molar-refractivity contribution < 1.29 is 4.79 Å². The van der Waals surface area contributed by atoms with Crippen LogP contribution in [0.3, 0.4) is 0 Å². The minimum Gasteiger partial charge on any atom is -0.352 e. The second kappa shape index (κ2) is 6.38. The van der Waals surface area contributed by atoms with Crippen molar-refractivity contribution in [1.29, 1.82) is 0 Å². The van der Waals surface area contributed by atoms with Crippen LogP contribution in [0.2, 0.25) is 0 Å². The molecule has 3 nitrogen and oxygen atoms in total. The Morgan fingerprint density at radius 3 is 2.87 bits per heavy atom. The zero-order chi connectivity index (χ0) is 11.3. The molecule has 0 aliphatic heterocycles. The number of nitrogens with one attached hydrogen (secondary N) is 2. The van der Waals surface area contributed by atoms with Crippen molar-refractivity contribution in [2.24, 2.45) is 5.92 Å². The lowest BCUT2D eigenvalue weighted by Gasteiger charge is -2.21. The van der Waals surface area contributed by atoms with Gasteiger partial charge in [0.25, 0.3) is 0 Å². The highest BCUT2D eigenvalue weighted by Crippen LogP contribution is 2.28. The van der Waals surface area contributed by atoms with E-state index < -0.39 is 0 Å². The molecule has 1 aliphatic carbocycles. The van der Waals surface area contributed by atoms with E-state index in [2.05, 4.69) is 16.9 Å². The topological polar surface area (TPSA) is 41.1 Å². The number of carbonyl (C=O) groups is 1. The molecule has 0 aromatic heterocycles. The highest BCUT2D eigenvalue weighted by Gasteiger charge is 2.28. The first kappa shape index (κ1) is 12.8. The van der Waals surface area contributed by atoms with Gasteiger partial charge in [-0.2, -0.15) is 11.8 Å². The zero-order valence-electron chi connectivity index (χ0n) is 9.88. The number of rotatable bonds is 5. The predicted octanol–water partition coefficient (Wildman–Crippen LogP) is 1.24. The van der Waals surface area contributed by atoms with E-state index in [0.29, 0.717) is 11.3 Å². The highest BCUT2D eigenvalue weighted by molar-refractivity contribution is 7.99. The first-order valence-corrected chi connectivity index (χ1v) is 6.95. The van der Waals surface area contributed by atoms with Gasteiger partial charge in [0.15, 0.2) is 0 Å². The van der Waals surface area contributed by atoms with Crippen molar-refractivity contribution in [3.63, 3.8) is 0 Å². The van der Waals surface area contributed by atoms with Crippen molar-refractivity contribution in [3.8, 4) is 0 Å². The Morgan fingerprint density at radius 1 is 1.53 bits per heavy atom. The molecule has 4 heteroatoms. The molecular weight excluding hydrogens is 208 g/mol. The minimum atomic E-state index is 0.0677. The SMILES string of the molecule is CNCC(C)C(=O)NC1CCCC1SC. The van der Waals surface area contributed by atoms with E-state index in [1.807, 2.05) is 25.7 Å². The van der Waals surface area contributed by atoms with E-state index in [1.54, 1.807) is 0 Å². The molecule has 3 atom stereocenters. The maximum absolute atomic E-state index is 11.8. The smallest absolute Gasteiger partial charge is 0.224 e. The molecule has 0 radical (unpaired) electrons. The summed E-state index contributed by atoms with van der Waals surface area (Å²) in [6.45, 7) is 2.72. The highest BCUT2D eigenvalue weighted by atomic mass is 32.2. The van der Waals surface area contributed by atoms with Crippen molar-refractivity contribution in [2.75, 3.05) is 19.8 Å². The molecule has 1 aliphatic rings. The number of carbonyl (C=O) groups excluding carboxylic acids is 1. The van der Waals surface area contributed by atoms with E-state index in [4.69, 9.17) is 0 Å². The average Bonchev–Trinajstić information content (AvgIpc) is 2.65. The summed E-state index contributed by atoms with van der Waals surface area (Å²) in [5.74, 6) is 0.258. The minimum absolute atomic E-state index is 0.0677. The Morgan fingerprint density at radius 2 is 2.27 bits per heavy atom. The van der Waals surface area contributed by atoms with Gasteiger partial charge in [0.05, 0.1) is 0 Å². The molecule has 0 bridgehead atoms. The summed E-state index contributed by atoms with van der Waals surface area (Å²) in [5.41, 5.74) is 0. The van der Waals surface area contributed by atoms with Gasteiger partial charge in [0.1, 0.15) is 0 Å². The molecule has 0 heterocycles. The maximum atomic E-state index is 11.8. The summed E-state index contributed by atoms with van der Waals surface area (Å²) in [6.07, 6.45) is 5.76. The zero-order valence-corrected chi connectivity index (χ0v) is 10.7. The van der Waals surface area contributed by atoms with E-state index in [0.717, 1.165) is 13.0 Å². The van der Waals surface area contributed by atoms with Crippen molar-refractivity contribution in [2.45, 2.75) is 37.5 Å². The average molecular weight is 230 g/mol. The second-order valence-electron chi connectivity index (χ2n) is 4.28. The number of thioether (sulfide) groups is 1. The molecular formula is C11H22N2OS. The van der Waals surface area contributed by atoms with E-state index >= 15 is 0 Å². The van der Waals surface area contributed by atoms with Crippen LogP contribution in [-0.4, -0.2) is 37.0 Å². The summed E-state index contributed by atoms with van der Waals surface area (Å²) < 4.78 is 0. The van der Waals surface area contributed by atoms with Crippen LogP contribution in [0, 0.1) is 5.92 Å². The van der Waals surface area contributed by atoms with E-state index in [1.165, 1.54) is 12.8 Å². The van der Waals surface area contributed by atoms with Crippen molar-refractivity contribution in [1.82, 2.24) is 10.6 Å². The summed E-state index contributed by atoms with van der Waals surface area (Å²) in [6, 6.07) is 0.395. The summed E-state index contributed by atoms with van der Waals surface area (Å²) in [4.78, 5) is 11.8. The molecule has 0 aromatic rings. The molecule has 88 valence electrons.